The van der Waals surface area contributed by atoms with E-state index in [0.29, 0.717) is 33.3 Å². The third-order valence-corrected chi connectivity index (χ3v) is 4.01. The zero-order chi connectivity index (χ0) is 14.7. The summed E-state index contributed by atoms with van der Waals surface area (Å²) >= 11 is 6.44. The van der Waals surface area contributed by atoms with Gasteiger partial charge in [0.15, 0.2) is 3.95 Å². The summed E-state index contributed by atoms with van der Waals surface area (Å²) in [6.45, 7) is 2.17. The smallest absolute Gasteiger partial charge is 0.303 e. The summed E-state index contributed by atoms with van der Waals surface area (Å²) in [5.41, 5.74) is 0.659. The number of hydrogen-bond acceptors (Lipinski definition) is 6. The molecule has 0 unspecified atom stereocenters. The fourth-order valence-electron chi connectivity index (χ4n) is 1.70. The average molecular weight is 311 g/mol. The fourth-order valence-corrected chi connectivity index (χ4v) is 3.01. The number of nitrogens with zero attached hydrogens (tertiary/aromatic N) is 3. The van der Waals surface area contributed by atoms with Gasteiger partial charge in [-0.2, -0.15) is 0 Å². The number of amidine groups is 1. The summed E-state index contributed by atoms with van der Waals surface area (Å²) in [4.78, 5) is 19.3. The standard InChI is InChI=1S/C12H13N3O3S2/c1-7-13-6-8(14-7)5-9-11(18)15(12(19)20-9)4-2-3-10(16)17/h5-6,18H,2-4H2,1H3,(H,16,17)/b8-5+. The first kappa shape index (κ1) is 14.6. The van der Waals surface area contributed by atoms with Crippen LogP contribution in [-0.4, -0.2) is 32.8 Å². The molecule has 0 spiro atoms. The molecule has 2 heterocycles. The Morgan fingerprint density at radius 3 is 2.95 bits per heavy atom. The molecule has 0 aromatic carbocycles. The van der Waals surface area contributed by atoms with Gasteiger partial charge in [0.05, 0.1) is 16.8 Å². The lowest BCUT2D eigenvalue weighted by atomic mass is 10.3. The number of carbonyl (C=O) groups is 1. The number of aromatic nitrogens is 1. The molecule has 1 aliphatic rings. The molecule has 2 rings (SSSR count). The van der Waals surface area contributed by atoms with Crippen LogP contribution in [0.4, 0.5) is 0 Å². The second-order valence-corrected chi connectivity index (χ2v) is 5.87. The highest BCUT2D eigenvalue weighted by atomic mass is 32.1. The number of aliphatic imine (C=N–C) groups is 2. The second kappa shape index (κ2) is 6.10. The molecule has 106 valence electrons. The molecule has 20 heavy (non-hydrogen) atoms. The van der Waals surface area contributed by atoms with Crippen LogP contribution < -0.4 is 0 Å². The van der Waals surface area contributed by atoms with E-state index in [-0.39, 0.29) is 12.3 Å². The highest BCUT2D eigenvalue weighted by Crippen LogP contribution is 2.29. The molecule has 1 aromatic heterocycles. The van der Waals surface area contributed by atoms with Crippen molar-refractivity contribution in [1.29, 1.82) is 0 Å². The molecule has 8 heteroatoms. The molecule has 0 aliphatic carbocycles. The SMILES string of the molecule is CC1=N/C(=C/c2sc(=S)n(CCCC(=O)O)c2O)C=N1. The molecule has 0 fully saturated rings. The minimum atomic E-state index is -0.861. The summed E-state index contributed by atoms with van der Waals surface area (Å²) in [6.07, 6.45) is 3.79. The van der Waals surface area contributed by atoms with Gasteiger partial charge in [-0.1, -0.05) is 0 Å². The first-order chi connectivity index (χ1) is 9.47. The van der Waals surface area contributed by atoms with E-state index in [2.05, 4.69) is 9.98 Å². The summed E-state index contributed by atoms with van der Waals surface area (Å²) in [6, 6.07) is 0. The van der Waals surface area contributed by atoms with Crippen LogP contribution in [0.3, 0.4) is 0 Å². The van der Waals surface area contributed by atoms with E-state index in [4.69, 9.17) is 17.3 Å². The van der Waals surface area contributed by atoms with E-state index in [9.17, 15) is 9.90 Å². The minimum absolute atomic E-state index is 0.0453. The first-order valence-electron chi connectivity index (χ1n) is 5.93. The van der Waals surface area contributed by atoms with Crippen molar-refractivity contribution < 1.29 is 15.0 Å². The Morgan fingerprint density at radius 1 is 1.60 bits per heavy atom. The summed E-state index contributed by atoms with van der Waals surface area (Å²) < 4.78 is 2.05. The Labute approximate surface area is 124 Å². The molecule has 0 amide bonds. The van der Waals surface area contributed by atoms with Crippen molar-refractivity contribution in [3.8, 4) is 5.88 Å². The number of carboxylic acid groups (broad SMARTS) is 1. The molecule has 1 aromatic rings. The number of aromatic hydroxyl groups is 1. The molecular formula is C12H13N3O3S2. The van der Waals surface area contributed by atoms with Crippen molar-refractivity contribution in [2.75, 3.05) is 0 Å². The summed E-state index contributed by atoms with van der Waals surface area (Å²) in [5, 5.41) is 18.7. The minimum Gasteiger partial charge on any atom is -0.493 e. The van der Waals surface area contributed by atoms with Crippen molar-refractivity contribution in [3.63, 3.8) is 0 Å². The maximum absolute atomic E-state index is 10.5. The maximum atomic E-state index is 10.5. The van der Waals surface area contributed by atoms with Crippen molar-refractivity contribution in [1.82, 2.24) is 4.57 Å². The largest absolute Gasteiger partial charge is 0.493 e. The van der Waals surface area contributed by atoms with Gasteiger partial charge in [-0.3, -0.25) is 9.36 Å². The third-order valence-electron chi connectivity index (χ3n) is 2.62. The molecule has 0 atom stereocenters. The Morgan fingerprint density at radius 2 is 2.35 bits per heavy atom. The molecule has 6 nitrogen and oxygen atoms in total. The van der Waals surface area contributed by atoms with Gasteiger partial charge in [0, 0.05) is 13.0 Å². The van der Waals surface area contributed by atoms with Crippen molar-refractivity contribution in [2.24, 2.45) is 9.98 Å². The van der Waals surface area contributed by atoms with E-state index in [1.54, 1.807) is 19.2 Å². The van der Waals surface area contributed by atoms with Crippen LogP contribution in [0, 0.1) is 3.95 Å². The van der Waals surface area contributed by atoms with Gasteiger partial charge in [0.1, 0.15) is 5.84 Å². The number of carboxylic acids is 1. The van der Waals surface area contributed by atoms with Gasteiger partial charge < -0.3 is 10.2 Å². The van der Waals surface area contributed by atoms with Crippen molar-refractivity contribution in [2.45, 2.75) is 26.3 Å². The predicted octanol–water partition coefficient (Wildman–Crippen LogP) is 2.69. The number of aliphatic carboxylic acids is 1. The topological polar surface area (TPSA) is 87.2 Å². The van der Waals surface area contributed by atoms with E-state index in [1.807, 2.05) is 0 Å². The monoisotopic (exact) mass is 311 g/mol. The number of rotatable bonds is 5. The highest BCUT2D eigenvalue weighted by molar-refractivity contribution is 7.73. The molecule has 0 bridgehead atoms. The average Bonchev–Trinajstić information content (AvgIpc) is 2.88. The normalized spacial score (nSPS) is 15.8. The number of hydrogen-bond donors (Lipinski definition) is 2. The highest BCUT2D eigenvalue weighted by Gasteiger charge is 2.12. The van der Waals surface area contributed by atoms with Crippen molar-refractivity contribution >= 4 is 47.7 Å². The Hall–Kier alpha value is -1.80. The molecule has 0 radical (unpaired) electrons. The third kappa shape index (κ3) is 3.40. The molecule has 0 saturated heterocycles. The predicted molar refractivity (Wildman–Crippen MR) is 81.3 cm³/mol. The van der Waals surface area contributed by atoms with E-state index in [0.717, 1.165) is 0 Å². The molecule has 0 saturated carbocycles. The van der Waals surface area contributed by atoms with Gasteiger partial charge in [-0.25, -0.2) is 9.98 Å². The van der Waals surface area contributed by atoms with E-state index >= 15 is 0 Å². The van der Waals surface area contributed by atoms with Crippen LogP contribution in [0.5, 0.6) is 5.88 Å². The van der Waals surface area contributed by atoms with Gasteiger partial charge in [0.25, 0.3) is 0 Å². The first-order valence-corrected chi connectivity index (χ1v) is 7.15. The lowest BCUT2D eigenvalue weighted by Gasteiger charge is -2.02. The second-order valence-electron chi connectivity index (χ2n) is 4.19. The Kier molecular flexibility index (Phi) is 4.46. The maximum Gasteiger partial charge on any atom is 0.303 e. The van der Waals surface area contributed by atoms with E-state index in [1.165, 1.54) is 15.9 Å². The summed E-state index contributed by atoms with van der Waals surface area (Å²) in [5.74, 6) is -0.146. The van der Waals surface area contributed by atoms with Gasteiger partial charge in [-0.15, -0.1) is 11.3 Å². The summed E-state index contributed by atoms with van der Waals surface area (Å²) in [7, 11) is 0. The van der Waals surface area contributed by atoms with Crippen LogP contribution in [0.1, 0.15) is 24.6 Å². The van der Waals surface area contributed by atoms with E-state index < -0.39 is 5.97 Å². The molecule has 1 aliphatic heterocycles. The fraction of sp³-hybridized carbons (Fsp3) is 0.333. The lowest BCUT2D eigenvalue weighted by Crippen LogP contribution is -2.01. The molecular weight excluding hydrogens is 298 g/mol. The van der Waals surface area contributed by atoms with Crippen LogP contribution in [0.15, 0.2) is 15.7 Å². The van der Waals surface area contributed by atoms with Crippen molar-refractivity contribution in [3.05, 3.63) is 14.5 Å². The Balaban J connectivity index is 2.19. The van der Waals surface area contributed by atoms with Crippen LogP contribution in [0.2, 0.25) is 0 Å². The zero-order valence-electron chi connectivity index (χ0n) is 10.7. The van der Waals surface area contributed by atoms with Crippen LogP contribution in [-0.2, 0) is 11.3 Å². The van der Waals surface area contributed by atoms with Gasteiger partial charge in [0.2, 0.25) is 5.88 Å². The zero-order valence-corrected chi connectivity index (χ0v) is 12.4. The lowest BCUT2D eigenvalue weighted by molar-refractivity contribution is -0.137. The number of thiazole rings is 1. The van der Waals surface area contributed by atoms with Crippen LogP contribution >= 0.6 is 23.6 Å². The van der Waals surface area contributed by atoms with Crippen LogP contribution in [0.25, 0.3) is 6.08 Å². The number of allylic oxidation sites excluding steroid dienone is 1. The molecule has 2 N–H and O–H groups in total. The Bertz CT molecular complexity index is 683. The van der Waals surface area contributed by atoms with Gasteiger partial charge in [-0.05, 0) is 31.6 Å². The van der Waals surface area contributed by atoms with Gasteiger partial charge >= 0.3 is 5.97 Å². The quantitative estimate of drug-likeness (QED) is 0.818.